The number of ether oxygens (including phenoxy) is 1. The molecule has 0 saturated heterocycles. The van der Waals surface area contributed by atoms with Gasteiger partial charge in [0.15, 0.2) is 0 Å². The van der Waals surface area contributed by atoms with Gasteiger partial charge in [0, 0.05) is 24.8 Å². The second-order valence-electron chi connectivity index (χ2n) is 4.41. The van der Waals surface area contributed by atoms with Gasteiger partial charge in [0.25, 0.3) is 0 Å². The van der Waals surface area contributed by atoms with Crippen molar-refractivity contribution >= 4 is 11.6 Å². The third-order valence-corrected chi connectivity index (χ3v) is 2.76. The van der Waals surface area contributed by atoms with Gasteiger partial charge in [-0.25, -0.2) is 0 Å². The van der Waals surface area contributed by atoms with Gasteiger partial charge >= 0.3 is 0 Å². The lowest BCUT2D eigenvalue weighted by Crippen LogP contribution is -2.37. The van der Waals surface area contributed by atoms with Gasteiger partial charge in [-0.2, -0.15) is 0 Å². The molecule has 0 unspecified atom stereocenters. The van der Waals surface area contributed by atoms with Crippen molar-refractivity contribution in [2.24, 2.45) is 0 Å². The third kappa shape index (κ3) is 4.28. The second kappa shape index (κ2) is 6.89. The van der Waals surface area contributed by atoms with Crippen LogP contribution in [-0.2, 0) is 4.79 Å². The van der Waals surface area contributed by atoms with Crippen LogP contribution in [-0.4, -0.2) is 37.0 Å². The highest BCUT2D eigenvalue weighted by Gasteiger charge is 2.11. The summed E-state index contributed by atoms with van der Waals surface area (Å²) in [5.41, 5.74) is 0.895. The van der Waals surface area contributed by atoms with Gasteiger partial charge in [-0.05, 0) is 32.9 Å². The SMILES string of the molecule is CCOc1cccc(NCC(=O)N(C)C(C)C)c1. The van der Waals surface area contributed by atoms with Crippen LogP contribution in [0, 0.1) is 0 Å². The van der Waals surface area contributed by atoms with E-state index in [4.69, 9.17) is 4.74 Å². The topological polar surface area (TPSA) is 41.6 Å². The van der Waals surface area contributed by atoms with Gasteiger partial charge in [-0.3, -0.25) is 4.79 Å². The van der Waals surface area contributed by atoms with E-state index < -0.39 is 0 Å². The van der Waals surface area contributed by atoms with E-state index in [1.165, 1.54) is 0 Å². The Morgan fingerprint density at radius 1 is 1.44 bits per heavy atom. The first-order valence-corrected chi connectivity index (χ1v) is 6.27. The highest BCUT2D eigenvalue weighted by Crippen LogP contribution is 2.17. The molecule has 0 aliphatic carbocycles. The fraction of sp³-hybridized carbons (Fsp3) is 0.500. The number of amides is 1. The van der Waals surface area contributed by atoms with E-state index in [9.17, 15) is 4.79 Å². The number of nitrogens with one attached hydrogen (secondary N) is 1. The standard InChI is InChI=1S/C14H22N2O2/c1-5-18-13-8-6-7-12(9-13)15-10-14(17)16(4)11(2)3/h6-9,11,15H,5,10H2,1-4H3. The summed E-state index contributed by atoms with van der Waals surface area (Å²) in [4.78, 5) is 13.5. The summed E-state index contributed by atoms with van der Waals surface area (Å²) in [7, 11) is 1.81. The average molecular weight is 250 g/mol. The molecule has 0 aromatic heterocycles. The van der Waals surface area contributed by atoms with E-state index in [0.29, 0.717) is 13.2 Å². The zero-order valence-electron chi connectivity index (χ0n) is 11.6. The Morgan fingerprint density at radius 3 is 2.78 bits per heavy atom. The minimum Gasteiger partial charge on any atom is -0.494 e. The quantitative estimate of drug-likeness (QED) is 0.842. The van der Waals surface area contributed by atoms with Gasteiger partial charge in [-0.1, -0.05) is 6.07 Å². The molecule has 0 fully saturated rings. The fourth-order valence-corrected chi connectivity index (χ4v) is 1.45. The number of hydrogen-bond donors (Lipinski definition) is 1. The molecule has 0 spiro atoms. The Bertz CT molecular complexity index is 391. The van der Waals surface area contributed by atoms with Crippen LogP contribution in [0.5, 0.6) is 5.75 Å². The predicted octanol–water partition coefficient (Wildman–Crippen LogP) is 2.36. The van der Waals surface area contributed by atoms with E-state index in [1.54, 1.807) is 4.90 Å². The summed E-state index contributed by atoms with van der Waals surface area (Å²) in [6.07, 6.45) is 0. The number of anilines is 1. The number of rotatable bonds is 6. The Kier molecular flexibility index (Phi) is 5.49. The summed E-state index contributed by atoms with van der Waals surface area (Å²) >= 11 is 0. The summed E-state index contributed by atoms with van der Waals surface area (Å²) in [6, 6.07) is 7.84. The number of benzene rings is 1. The van der Waals surface area contributed by atoms with Crippen LogP contribution in [0.3, 0.4) is 0 Å². The normalized spacial score (nSPS) is 10.3. The van der Waals surface area contributed by atoms with E-state index in [-0.39, 0.29) is 11.9 Å². The van der Waals surface area contributed by atoms with E-state index in [1.807, 2.05) is 52.1 Å². The van der Waals surface area contributed by atoms with E-state index in [2.05, 4.69) is 5.32 Å². The van der Waals surface area contributed by atoms with Crippen LogP contribution >= 0.6 is 0 Å². The lowest BCUT2D eigenvalue weighted by molar-refractivity contribution is -0.129. The number of nitrogens with zero attached hydrogens (tertiary/aromatic N) is 1. The number of carbonyl (C=O) groups is 1. The molecule has 1 aromatic carbocycles. The maximum Gasteiger partial charge on any atom is 0.241 e. The van der Waals surface area contributed by atoms with Gasteiger partial charge in [-0.15, -0.1) is 0 Å². The fourth-order valence-electron chi connectivity index (χ4n) is 1.45. The molecule has 1 N–H and O–H groups in total. The molecule has 1 rings (SSSR count). The molecule has 100 valence electrons. The van der Waals surface area contributed by atoms with Gasteiger partial charge in [0.2, 0.25) is 5.91 Å². The van der Waals surface area contributed by atoms with Crippen molar-refractivity contribution in [1.29, 1.82) is 0 Å². The molecule has 0 aliphatic heterocycles. The van der Waals surface area contributed by atoms with Crippen molar-refractivity contribution < 1.29 is 9.53 Å². The van der Waals surface area contributed by atoms with Crippen molar-refractivity contribution in [3.8, 4) is 5.75 Å². The maximum absolute atomic E-state index is 11.8. The molecule has 1 amide bonds. The summed E-state index contributed by atoms with van der Waals surface area (Å²) in [5.74, 6) is 0.888. The van der Waals surface area contributed by atoms with Crippen molar-refractivity contribution in [2.45, 2.75) is 26.8 Å². The first kappa shape index (κ1) is 14.4. The van der Waals surface area contributed by atoms with Gasteiger partial charge in [0.1, 0.15) is 5.75 Å². The van der Waals surface area contributed by atoms with Crippen molar-refractivity contribution in [3.63, 3.8) is 0 Å². The summed E-state index contributed by atoms with van der Waals surface area (Å²) in [5, 5.41) is 3.11. The second-order valence-corrected chi connectivity index (χ2v) is 4.41. The smallest absolute Gasteiger partial charge is 0.241 e. The molecule has 0 heterocycles. The Morgan fingerprint density at radius 2 is 2.17 bits per heavy atom. The molecule has 4 nitrogen and oxygen atoms in total. The van der Waals surface area contributed by atoms with Crippen molar-refractivity contribution in [3.05, 3.63) is 24.3 Å². The van der Waals surface area contributed by atoms with Crippen LogP contribution in [0.15, 0.2) is 24.3 Å². The monoisotopic (exact) mass is 250 g/mol. The molecule has 18 heavy (non-hydrogen) atoms. The summed E-state index contributed by atoms with van der Waals surface area (Å²) < 4.78 is 5.40. The average Bonchev–Trinajstić information content (AvgIpc) is 2.36. The van der Waals surface area contributed by atoms with E-state index in [0.717, 1.165) is 11.4 Å². The lowest BCUT2D eigenvalue weighted by Gasteiger charge is -2.21. The third-order valence-electron chi connectivity index (χ3n) is 2.76. The number of hydrogen-bond acceptors (Lipinski definition) is 3. The Labute approximate surface area is 109 Å². The molecule has 0 radical (unpaired) electrons. The van der Waals surface area contributed by atoms with Crippen LogP contribution in [0.1, 0.15) is 20.8 Å². The van der Waals surface area contributed by atoms with Gasteiger partial charge < -0.3 is 15.0 Å². The minimum absolute atomic E-state index is 0.0758. The van der Waals surface area contributed by atoms with Crippen LogP contribution in [0.25, 0.3) is 0 Å². The van der Waals surface area contributed by atoms with Crippen LogP contribution in [0.4, 0.5) is 5.69 Å². The summed E-state index contributed by atoms with van der Waals surface area (Å²) in [6.45, 7) is 6.87. The predicted molar refractivity (Wildman–Crippen MR) is 74.0 cm³/mol. The Hall–Kier alpha value is -1.71. The zero-order chi connectivity index (χ0) is 13.5. The first-order valence-electron chi connectivity index (χ1n) is 6.27. The van der Waals surface area contributed by atoms with Gasteiger partial charge in [0.05, 0.1) is 13.2 Å². The maximum atomic E-state index is 11.8. The van der Waals surface area contributed by atoms with Crippen molar-refractivity contribution in [2.75, 3.05) is 25.5 Å². The molecule has 4 heteroatoms. The minimum atomic E-state index is 0.0758. The molecule has 0 aliphatic rings. The number of carbonyl (C=O) groups excluding carboxylic acids is 1. The molecule has 0 bridgehead atoms. The highest BCUT2D eigenvalue weighted by atomic mass is 16.5. The first-order chi connectivity index (χ1) is 8.54. The highest BCUT2D eigenvalue weighted by molar-refractivity contribution is 5.80. The molecule has 1 aromatic rings. The lowest BCUT2D eigenvalue weighted by atomic mass is 10.3. The van der Waals surface area contributed by atoms with E-state index >= 15 is 0 Å². The van der Waals surface area contributed by atoms with Crippen LogP contribution in [0.2, 0.25) is 0 Å². The molecular weight excluding hydrogens is 228 g/mol. The largest absolute Gasteiger partial charge is 0.494 e. The van der Waals surface area contributed by atoms with Crippen molar-refractivity contribution in [1.82, 2.24) is 4.90 Å². The van der Waals surface area contributed by atoms with Crippen LogP contribution < -0.4 is 10.1 Å². The molecule has 0 atom stereocenters. The number of likely N-dealkylation sites (N-methyl/N-ethyl adjacent to an activating group) is 1. The Balaban J connectivity index is 2.53. The zero-order valence-corrected chi connectivity index (χ0v) is 11.6. The molecular formula is C14H22N2O2. The molecule has 0 saturated carbocycles.